The van der Waals surface area contributed by atoms with Crippen molar-refractivity contribution in [3.8, 4) is 0 Å². The van der Waals surface area contributed by atoms with Crippen molar-refractivity contribution in [2.45, 2.75) is 32.7 Å². The number of carbonyl (C=O) groups excluding carboxylic acids is 1. The highest BCUT2D eigenvalue weighted by Gasteiger charge is 2.21. The van der Waals surface area contributed by atoms with Crippen LogP contribution < -0.4 is 5.48 Å². The monoisotopic (exact) mass is 266 g/mol. The number of amides is 1. The minimum absolute atomic E-state index is 0.163. The van der Waals surface area contributed by atoms with Crippen LogP contribution in [0.4, 0.5) is 4.39 Å². The van der Waals surface area contributed by atoms with E-state index in [-0.39, 0.29) is 11.4 Å². The van der Waals surface area contributed by atoms with E-state index < -0.39 is 5.91 Å². The number of hydroxylamine groups is 1. The van der Waals surface area contributed by atoms with E-state index in [2.05, 4.69) is 11.8 Å². The molecular weight excluding hydrogens is 247 g/mol. The average molecular weight is 266 g/mol. The van der Waals surface area contributed by atoms with Crippen molar-refractivity contribution < 1.29 is 14.4 Å². The number of nitrogens with zero attached hydrogens (tertiary/aromatic N) is 1. The number of rotatable bonds is 4. The van der Waals surface area contributed by atoms with Crippen molar-refractivity contribution in [3.05, 3.63) is 34.6 Å². The Balaban J connectivity index is 2.22. The summed E-state index contributed by atoms with van der Waals surface area (Å²) < 4.78 is 13.9. The molecule has 1 amide bonds. The number of halogens is 1. The minimum atomic E-state index is -0.674. The third-order valence-electron chi connectivity index (χ3n) is 3.55. The number of nitrogens with one attached hydrogen (secondary N) is 1. The summed E-state index contributed by atoms with van der Waals surface area (Å²) in [5, 5.41) is 8.62. The lowest BCUT2D eigenvalue weighted by Gasteiger charge is -2.29. The Bertz CT molecular complexity index is 477. The third kappa shape index (κ3) is 3.11. The molecule has 0 unspecified atom stereocenters. The molecule has 2 rings (SSSR count). The molecule has 0 atom stereocenters. The van der Waals surface area contributed by atoms with Gasteiger partial charge in [-0.05, 0) is 42.6 Å². The predicted molar refractivity (Wildman–Crippen MR) is 69.5 cm³/mol. The van der Waals surface area contributed by atoms with Crippen LogP contribution in [0, 0.1) is 5.82 Å². The number of benzene rings is 1. The van der Waals surface area contributed by atoms with Crippen molar-refractivity contribution in [3.63, 3.8) is 0 Å². The topological polar surface area (TPSA) is 52.6 Å². The first-order valence-electron chi connectivity index (χ1n) is 6.63. The molecular formula is C14H19FN2O2. The van der Waals surface area contributed by atoms with Crippen LogP contribution in [0.15, 0.2) is 12.1 Å². The van der Waals surface area contributed by atoms with E-state index in [0.717, 1.165) is 31.5 Å². The van der Waals surface area contributed by atoms with Crippen LogP contribution in [-0.4, -0.2) is 29.1 Å². The highest BCUT2D eigenvalue weighted by Crippen LogP contribution is 2.23. The largest absolute Gasteiger partial charge is 0.299 e. The van der Waals surface area contributed by atoms with Crippen LogP contribution in [-0.2, 0) is 13.0 Å². The summed E-state index contributed by atoms with van der Waals surface area (Å²) in [6.07, 6.45) is 2.92. The Morgan fingerprint density at radius 2 is 2.32 bits per heavy atom. The Labute approximate surface area is 112 Å². The number of fused-ring (bicyclic) bond motifs is 1. The zero-order chi connectivity index (χ0) is 13.8. The van der Waals surface area contributed by atoms with Gasteiger partial charge in [0.15, 0.2) is 0 Å². The standard InChI is InChI=1S/C14H19FN2O2/c1-2-3-5-17-6-4-12-11(9-17)7-10(8-13(12)15)14(18)16-19/h7-8,19H,2-6,9H2,1H3,(H,16,18). The van der Waals surface area contributed by atoms with Gasteiger partial charge in [0.25, 0.3) is 5.91 Å². The van der Waals surface area contributed by atoms with Crippen LogP contribution in [0.5, 0.6) is 0 Å². The Morgan fingerprint density at radius 1 is 1.53 bits per heavy atom. The van der Waals surface area contributed by atoms with Gasteiger partial charge in [0.1, 0.15) is 5.82 Å². The average Bonchev–Trinajstić information content (AvgIpc) is 2.43. The highest BCUT2D eigenvalue weighted by molar-refractivity contribution is 5.93. The van der Waals surface area contributed by atoms with E-state index in [1.165, 1.54) is 6.07 Å². The normalized spacial score (nSPS) is 15.1. The van der Waals surface area contributed by atoms with E-state index in [1.54, 1.807) is 11.5 Å². The fourth-order valence-electron chi connectivity index (χ4n) is 2.47. The molecule has 19 heavy (non-hydrogen) atoms. The molecule has 0 radical (unpaired) electrons. The second kappa shape index (κ2) is 6.12. The fourth-order valence-corrected chi connectivity index (χ4v) is 2.47. The lowest BCUT2D eigenvalue weighted by Crippen LogP contribution is -2.32. The number of hydrogen-bond donors (Lipinski definition) is 2. The van der Waals surface area contributed by atoms with Gasteiger partial charge >= 0.3 is 0 Å². The van der Waals surface area contributed by atoms with Crippen LogP contribution in [0.3, 0.4) is 0 Å². The molecule has 0 fully saturated rings. The summed E-state index contributed by atoms with van der Waals surface area (Å²) in [5.74, 6) is -1.03. The van der Waals surface area contributed by atoms with Gasteiger partial charge in [0.05, 0.1) is 0 Å². The maximum absolute atomic E-state index is 13.9. The number of hydrogen-bond acceptors (Lipinski definition) is 3. The molecule has 104 valence electrons. The first-order chi connectivity index (χ1) is 9.15. The maximum atomic E-state index is 13.9. The van der Waals surface area contributed by atoms with E-state index in [4.69, 9.17) is 5.21 Å². The molecule has 1 aromatic carbocycles. The highest BCUT2D eigenvalue weighted by atomic mass is 19.1. The van der Waals surface area contributed by atoms with Gasteiger partial charge in [-0.25, -0.2) is 9.87 Å². The molecule has 5 heteroatoms. The number of unbranched alkanes of at least 4 members (excludes halogenated alkanes) is 1. The molecule has 4 nitrogen and oxygen atoms in total. The predicted octanol–water partition coefficient (Wildman–Crippen LogP) is 2.10. The summed E-state index contributed by atoms with van der Waals surface area (Å²) >= 11 is 0. The Morgan fingerprint density at radius 3 is 3.00 bits per heavy atom. The van der Waals surface area contributed by atoms with Gasteiger partial charge in [-0.1, -0.05) is 13.3 Å². The summed E-state index contributed by atoms with van der Waals surface area (Å²) in [7, 11) is 0. The first kappa shape index (κ1) is 14.0. The van der Waals surface area contributed by atoms with Crippen molar-refractivity contribution >= 4 is 5.91 Å². The summed E-state index contributed by atoms with van der Waals surface area (Å²) in [6, 6.07) is 2.86. The Kier molecular flexibility index (Phi) is 4.50. The van der Waals surface area contributed by atoms with Crippen molar-refractivity contribution in [2.75, 3.05) is 13.1 Å². The van der Waals surface area contributed by atoms with Crippen molar-refractivity contribution in [2.24, 2.45) is 0 Å². The maximum Gasteiger partial charge on any atom is 0.274 e. The number of carbonyl (C=O) groups is 1. The quantitative estimate of drug-likeness (QED) is 0.648. The molecule has 0 aromatic heterocycles. The molecule has 0 bridgehead atoms. The zero-order valence-corrected chi connectivity index (χ0v) is 11.1. The van der Waals surface area contributed by atoms with Gasteiger partial charge in [-0.2, -0.15) is 0 Å². The molecule has 0 saturated carbocycles. The van der Waals surface area contributed by atoms with E-state index >= 15 is 0 Å². The second-order valence-corrected chi connectivity index (χ2v) is 4.92. The molecule has 0 aliphatic carbocycles. The van der Waals surface area contributed by atoms with Crippen LogP contribution in [0.2, 0.25) is 0 Å². The molecule has 0 saturated heterocycles. The van der Waals surface area contributed by atoms with Crippen LogP contribution in [0.25, 0.3) is 0 Å². The summed E-state index contributed by atoms with van der Waals surface area (Å²) in [5.41, 5.74) is 3.25. The Hall–Kier alpha value is -1.46. The van der Waals surface area contributed by atoms with Gasteiger partial charge in [0.2, 0.25) is 0 Å². The molecule has 0 spiro atoms. The zero-order valence-electron chi connectivity index (χ0n) is 11.1. The van der Waals surface area contributed by atoms with Crippen LogP contribution in [0.1, 0.15) is 41.3 Å². The lowest BCUT2D eigenvalue weighted by molar-refractivity contribution is 0.0705. The first-order valence-corrected chi connectivity index (χ1v) is 6.63. The van der Waals surface area contributed by atoms with Gasteiger partial charge in [-0.15, -0.1) is 0 Å². The van der Waals surface area contributed by atoms with Crippen LogP contribution >= 0.6 is 0 Å². The van der Waals surface area contributed by atoms with Gasteiger partial charge in [-0.3, -0.25) is 14.9 Å². The molecule has 1 aliphatic heterocycles. The molecule has 2 N–H and O–H groups in total. The van der Waals surface area contributed by atoms with Crippen molar-refractivity contribution in [1.82, 2.24) is 10.4 Å². The van der Waals surface area contributed by atoms with E-state index in [1.807, 2.05) is 0 Å². The van der Waals surface area contributed by atoms with Crippen molar-refractivity contribution in [1.29, 1.82) is 0 Å². The second-order valence-electron chi connectivity index (χ2n) is 4.92. The smallest absolute Gasteiger partial charge is 0.274 e. The third-order valence-corrected chi connectivity index (χ3v) is 3.55. The molecule has 1 heterocycles. The summed E-state index contributed by atoms with van der Waals surface area (Å²) in [6.45, 7) is 4.66. The fraction of sp³-hybridized carbons (Fsp3) is 0.500. The summed E-state index contributed by atoms with van der Waals surface area (Å²) in [4.78, 5) is 13.6. The van der Waals surface area contributed by atoms with Gasteiger partial charge < -0.3 is 0 Å². The SMILES string of the molecule is CCCCN1CCc2c(F)cc(C(=O)NO)cc2C1. The lowest BCUT2D eigenvalue weighted by atomic mass is 9.96. The molecule has 1 aromatic rings. The minimum Gasteiger partial charge on any atom is -0.299 e. The van der Waals surface area contributed by atoms with Gasteiger partial charge in [0, 0.05) is 18.7 Å². The molecule has 1 aliphatic rings. The van der Waals surface area contributed by atoms with E-state index in [9.17, 15) is 9.18 Å². The van der Waals surface area contributed by atoms with E-state index in [0.29, 0.717) is 18.5 Å².